The molecule has 1 aromatic heterocycles. The second-order valence-corrected chi connectivity index (χ2v) is 5.68. The van der Waals surface area contributed by atoms with Gasteiger partial charge in [-0.25, -0.2) is 8.42 Å². The van der Waals surface area contributed by atoms with Crippen molar-refractivity contribution in [3.8, 4) is 0 Å². The van der Waals surface area contributed by atoms with Gasteiger partial charge in [-0.05, 0) is 18.1 Å². The molecule has 1 rings (SSSR count). The summed E-state index contributed by atoms with van der Waals surface area (Å²) in [5, 5.41) is 0. The summed E-state index contributed by atoms with van der Waals surface area (Å²) < 4.78 is 22.0. The molecule has 0 fully saturated rings. The molecule has 0 aliphatic rings. The van der Waals surface area contributed by atoms with Crippen molar-refractivity contribution >= 4 is 9.84 Å². The second kappa shape index (κ2) is 4.06. The Morgan fingerprint density at radius 3 is 2.64 bits per heavy atom. The van der Waals surface area contributed by atoms with Gasteiger partial charge in [0.15, 0.2) is 0 Å². The molecule has 0 aliphatic carbocycles. The van der Waals surface area contributed by atoms with Gasteiger partial charge < -0.3 is 5.73 Å². The average Bonchev–Trinajstić information content (AvgIpc) is 2.01. The van der Waals surface area contributed by atoms with E-state index in [0.29, 0.717) is 0 Å². The Hall–Kier alpha value is -0.940. The molecule has 1 atom stereocenters. The quantitative estimate of drug-likeness (QED) is 0.792. The van der Waals surface area contributed by atoms with Crippen LogP contribution >= 0.6 is 0 Å². The molecule has 2 N–H and O–H groups in total. The summed E-state index contributed by atoms with van der Waals surface area (Å²) in [5.41, 5.74) is 7.47. The van der Waals surface area contributed by atoms with E-state index in [9.17, 15) is 8.42 Å². The van der Waals surface area contributed by atoms with Crippen molar-refractivity contribution in [1.29, 1.82) is 0 Å². The number of nitrogens with two attached hydrogens (primary N) is 1. The number of pyridine rings is 1. The third-order valence-electron chi connectivity index (χ3n) is 1.81. The Morgan fingerprint density at radius 2 is 2.14 bits per heavy atom. The number of hydrogen-bond donors (Lipinski definition) is 1. The van der Waals surface area contributed by atoms with Crippen molar-refractivity contribution in [3.63, 3.8) is 0 Å². The Morgan fingerprint density at radius 1 is 1.50 bits per heavy atom. The molecule has 1 aromatic rings. The maximum absolute atomic E-state index is 11.0. The average molecular weight is 214 g/mol. The van der Waals surface area contributed by atoms with Gasteiger partial charge in [-0.1, -0.05) is 6.07 Å². The van der Waals surface area contributed by atoms with Gasteiger partial charge in [0.25, 0.3) is 0 Å². The lowest BCUT2D eigenvalue weighted by atomic mass is 10.1. The van der Waals surface area contributed by atoms with Gasteiger partial charge in [-0.2, -0.15) is 0 Å². The highest BCUT2D eigenvalue weighted by Gasteiger charge is 2.13. The van der Waals surface area contributed by atoms with E-state index in [-0.39, 0.29) is 5.75 Å². The summed E-state index contributed by atoms with van der Waals surface area (Å²) in [6, 6.07) is 1.36. The molecule has 1 heterocycles. The van der Waals surface area contributed by atoms with Gasteiger partial charge >= 0.3 is 0 Å². The lowest BCUT2D eigenvalue weighted by Crippen LogP contribution is -2.21. The maximum Gasteiger partial charge on any atom is 0.149 e. The minimum atomic E-state index is -3.04. The van der Waals surface area contributed by atoms with Gasteiger partial charge in [-0.3, -0.25) is 4.98 Å². The Balaban J connectivity index is 2.85. The van der Waals surface area contributed by atoms with E-state index < -0.39 is 15.9 Å². The molecule has 0 radical (unpaired) electrons. The van der Waals surface area contributed by atoms with Crippen molar-refractivity contribution in [2.45, 2.75) is 13.0 Å². The van der Waals surface area contributed by atoms with Crippen LogP contribution in [0.3, 0.4) is 0 Å². The van der Waals surface area contributed by atoms with Crippen molar-refractivity contribution in [1.82, 2.24) is 4.98 Å². The van der Waals surface area contributed by atoms with E-state index in [1.165, 1.54) is 6.26 Å². The third kappa shape index (κ3) is 3.43. The summed E-state index contributed by atoms with van der Waals surface area (Å²) in [6.07, 6.45) is 4.48. The van der Waals surface area contributed by atoms with Gasteiger partial charge in [0.05, 0.1) is 5.75 Å². The van der Waals surface area contributed by atoms with Crippen LogP contribution in [-0.2, 0) is 9.84 Å². The predicted octanol–water partition coefficient (Wildman–Crippen LogP) is 0.434. The van der Waals surface area contributed by atoms with Crippen LogP contribution in [0.25, 0.3) is 0 Å². The molecule has 0 saturated heterocycles. The molecule has 78 valence electrons. The molecule has 0 spiro atoms. The van der Waals surface area contributed by atoms with Crippen molar-refractivity contribution < 1.29 is 8.42 Å². The zero-order chi connectivity index (χ0) is 10.8. The molecule has 1 unspecified atom stereocenters. The smallest absolute Gasteiger partial charge is 0.149 e. The third-order valence-corrected chi connectivity index (χ3v) is 2.77. The Kier molecular flexibility index (Phi) is 3.23. The van der Waals surface area contributed by atoms with Crippen molar-refractivity contribution in [3.05, 3.63) is 29.6 Å². The summed E-state index contributed by atoms with van der Waals surface area (Å²) >= 11 is 0. The topological polar surface area (TPSA) is 73.0 Å². The summed E-state index contributed by atoms with van der Waals surface area (Å²) in [4.78, 5) is 3.96. The van der Waals surface area contributed by atoms with Crippen LogP contribution < -0.4 is 5.73 Å². The van der Waals surface area contributed by atoms with Crippen LogP contribution in [0.4, 0.5) is 0 Å². The van der Waals surface area contributed by atoms with Gasteiger partial charge in [0.1, 0.15) is 9.84 Å². The Bertz CT molecular complexity index is 415. The number of nitrogens with zero attached hydrogens (tertiary/aromatic N) is 1. The highest BCUT2D eigenvalue weighted by Crippen LogP contribution is 2.11. The first kappa shape index (κ1) is 11.1. The SMILES string of the molecule is Cc1cncc(C(N)CS(C)(=O)=O)c1. The molecule has 0 amide bonds. The van der Waals surface area contributed by atoms with Crippen LogP contribution in [-0.4, -0.2) is 25.4 Å². The number of hydrogen-bond acceptors (Lipinski definition) is 4. The number of aryl methyl sites for hydroxylation is 1. The fraction of sp³-hybridized carbons (Fsp3) is 0.444. The lowest BCUT2D eigenvalue weighted by Gasteiger charge is -2.10. The molecular weight excluding hydrogens is 200 g/mol. The summed E-state index contributed by atoms with van der Waals surface area (Å²) in [7, 11) is -3.04. The molecule has 0 bridgehead atoms. The molecule has 4 nitrogen and oxygen atoms in total. The van der Waals surface area contributed by atoms with E-state index in [0.717, 1.165) is 11.1 Å². The van der Waals surface area contributed by atoms with E-state index in [1.807, 2.05) is 13.0 Å². The van der Waals surface area contributed by atoms with Crippen molar-refractivity contribution in [2.75, 3.05) is 12.0 Å². The fourth-order valence-electron chi connectivity index (χ4n) is 1.20. The minimum absolute atomic E-state index is 0.0435. The first-order valence-electron chi connectivity index (χ1n) is 4.23. The first-order chi connectivity index (χ1) is 6.38. The van der Waals surface area contributed by atoms with Gasteiger partial charge in [0.2, 0.25) is 0 Å². The highest BCUT2D eigenvalue weighted by atomic mass is 32.2. The van der Waals surface area contributed by atoms with Crippen LogP contribution in [0.2, 0.25) is 0 Å². The molecule has 0 aromatic carbocycles. The summed E-state index contributed by atoms with van der Waals surface area (Å²) in [5.74, 6) is -0.0435. The molecule has 5 heteroatoms. The molecular formula is C9H14N2O2S. The number of rotatable bonds is 3. The van der Waals surface area contributed by atoms with Gasteiger partial charge in [0, 0.05) is 24.7 Å². The molecule has 0 saturated carbocycles. The number of aromatic nitrogens is 1. The van der Waals surface area contributed by atoms with Crippen molar-refractivity contribution in [2.24, 2.45) is 5.73 Å². The normalized spacial score (nSPS) is 13.9. The van der Waals surface area contributed by atoms with E-state index in [1.54, 1.807) is 12.4 Å². The summed E-state index contributed by atoms with van der Waals surface area (Å²) in [6.45, 7) is 1.89. The monoisotopic (exact) mass is 214 g/mol. The van der Waals surface area contributed by atoms with Gasteiger partial charge in [-0.15, -0.1) is 0 Å². The van der Waals surface area contributed by atoms with E-state index >= 15 is 0 Å². The first-order valence-corrected chi connectivity index (χ1v) is 6.29. The zero-order valence-electron chi connectivity index (χ0n) is 8.27. The molecule has 14 heavy (non-hydrogen) atoms. The molecule has 0 aliphatic heterocycles. The van der Waals surface area contributed by atoms with E-state index in [2.05, 4.69) is 4.98 Å². The largest absolute Gasteiger partial charge is 0.323 e. The van der Waals surface area contributed by atoms with Crippen LogP contribution in [0, 0.1) is 6.92 Å². The Labute approximate surface area is 84.1 Å². The maximum atomic E-state index is 11.0. The standard InChI is InChI=1S/C9H14N2O2S/c1-7-3-8(5-11-4-7)9(10)6-14(2,12)13/h3-5,9H,6,10H2,1-2H3. The zero-order valence-corrected chi connectivity index (χ0v) is 9.08. The second-order valence-electron chi connectivity index (χ2n) is 3.49. The number of sulfone groups is 1. The lowest BCUT2D eigenvalue weighted by molar-refractivity contribution is 0.594. The van der Waals surface area contributed by atoms with Crippen LogP contribution in [0.5, 0.6) is 0 Å². The van der Waals surface area contributed by atoms with Crippen LogP contribution in [0.1, 0.15) is 17.2 Å². The van der Waals surface area contributed by atoms with E-state index in [4.69, 9.17) is 5.73 Å². The van der Waals surface area contributed by atoms with Crippen LogP contribution in [0.15, 0.2) is 18.5 Å². The minimum Gasteiger partial charge on any atom is -0.323 e. The fourth-order valence-corrected chi connectivity index (χ4v) is 2.05. The highest BCUT2D eigenvalue weighted by molar-refractivity contribution is 7.90. The predicted molar refractivity (Wildman–Crippen MR) is 55.6 cm³/mol.